The Morgan fingerprint density at radius 3 is 2.62 bits per heavy atom. The third kappa shape index (κ3) is 3.49. The zero-order chi connectivity index (χ0) is 17.2. The molecule has 1 amide bonds. The molecule has 9 nitrogen and oxygen atoms in total. The first kappa shape index (κ1) is 15.9. The van der Waals surface area contributed by atoms with E-state index in [1.165, 1.54) is 6.07 Å². The summed E-state index contributed by atoms with van der Waals surface area (Å²) in [4.78, 5) is 11.8. The fourth-order valence-electron chi connectivity index (χ4n) is 1.87. The molecule has 3 aromatic rings. The molecule has 0 atom stereocenters. The van der Waals surface area contributed by atoms with E-state index in [1.54, 1.807) is 37.3 Å². The van der Waals surface area contributed by atoms with Crippen LogP contribution in [0.25, 0.3) is 11.5 Å². The molecule has 1 N–H and O–H groups in total. The van der Waals surface area contributed by atoms with Gasteiger partial charge in [-0.05, 0) is 19.1 Å². The maximum Gasteiger partial charge on any atom is 0.336 e. The Hall–Kier alpha value is -3.01. The standard InChI is InChI=1S/C14H12N4O5S/c1-9-7-11(18-23-9)15-12(19)8-24(20,21)14-17-16-13(22-14)10-5-3-2-4-6-10/h2-7H,8H2,1H3,(H,15,18,19). The molecule has 1 aromatic carbocycles. The molecular formula is C14H12N4O5S. The number of nitrogens with one attached hydrogen (secondary N) is 1. The van der Waals surface area contributed by atoms with Crippen LogP contribution >= 0.6 is 0 Å². The van der Waals surface area contributed by atoms with E-state index >= 15 is 0 Å². The van der Waals surface area contributed by atoms with Crippen LogP contribution < -0.4 is 5.32 Å². The van der Waals surface area contributed by atoms with Crippen LogP contribution in [0.4, 0.5) is 5.82 Å². The molecule has 2 heterocycles. The second-order valence-corrected chi connectivity index (χ2v) is 6.74. The summed E-state index contributed by atoms with van der Waals surface area (Å²) in [5.74, 6) is -0.972. The highest BCUT2D eigenvalue weighted by atomic mass is 32.2. The third-order valence-corrected chi connectivity index (χ3v) is 4.25. The van der Waals surface area contributed by atoms with Crippen LogP contribution in [-0.4, -0.2) is 35.4 Å². The summed E-state index contributed by atoms with van der Waals surface area (Å²) in [6.45, 7) is 1.64. The highest BCUT2D eigenvalue weighted by Crippen LogP contribution is 2.20. The summed E-state index contributed by atoms with van der Waals surface area (Å²) in [5.41, 5.74) is 0.578. The van der Waals surface area contributed by atoms with Crippen molar-refractivity contribution in [3.63, 3.8) is 0 Å². The van der Waals surface area contributed by atoms with Gasteiger partial charge in [-0.2, -0.15) is 0 Å². The summed E-state index contributed by atoms with van der Waals surface area (Å²) in [6.07, 6.45) is 0. The molecule has 124 valence electrons. The van der Waals surface area contributed by atoms with Crippen molar-refractivity contribution in [2.75, 3.05) is 11.1 Å². The van der Waals surface area contributed by atoms with E-state index < -0.39 is 26.7 Å². The maximum absolute atomic E-state index is 12.2. The second-order valence-electron chi connectivity index (χ2n) is 4.87. The Morgan fingerprint density at radius 2 is 1.96 bits per heavy atom. The van der Waals surface area contributed by atoms with Gasteiger partial charge in [0.15, 0.2) is 5.82 Å². The van der Waals surface area contributed by atoms with Gasteiger partial charge < -0.3 is 14.3 Å². The first-order valence-corrected chi connectivity index (χ1v) is 8.44. The molecule has 0 radical (unpaired) electrons. The highest BCUT2D eigenvalue weighted by molar-refractivity contribution is 7.91. The van der Waals surface area contributed by atoms with Crippen molar-refractivity contribution in [2.24, 2.45) is 0 Å². The molecular weight excluding hydrogens is 336 g/mol. The van der Waals surface area contributed by atoms with Gasteiger partial charge in [-0.1, -0.05) is 28.5 Å². The van der Waals surface area contributed by atoms with Crippen molar-refractivity contribution >= 4 is 21.6 Å². The van der Waals surface area contributed by atoms with Gasteiger partial charge in [-0.3, -0.25) is 4.79 Å². The lowest BCUT2D eigenvalue weighted by Crippen LogP contribution is -2.23. The molecule has 0 saturated carbocycles. The smallest absolute Gasteiger partial charge is 0.336 e. The molecule has 0 aliphatic heterocycles. The van der Waals surface area contributed by atoms with Crippen LogP contribution in [0, 0.1) is 6.92 Å². The quantitative estimate of drug-likeness (QED) is 0.733. The molecule has 0 spiro atoms. The Kier molecular flexibility index (Phi) is 4.13. The highest BCUT2D eigenvalue weighted by Gasteiger charge is 2.26. The number of carbonyl (C=O) groups excluding carboxylic acids is 1. The number of anilines is 1. The fourth-order valence-corrected chi connectivity index (χ4v) is 2.78. The average molecular weight is 348 g/mol. The van der Waals surface area contributed by atoms with E-state index in [2.05, 4.69) is 20.7 Å². The Labute approximate surface area is 136 Å². The first-order chi connectivity index (χ1) is 11.4. The molecule has 0 aliphatic rings. The second kappa shape index (κ2) is 6.24. The number of hydrogen-bond acceptors (Lipinski definition) is 8. The number of nitrogens with zero attached hydrogens (tertiary/aromatic N) is 3. The number of aryl methyl sites for hydroxylation is 1. The summed E-state index contributed by atoms with van der Waals surface area (Å²) in [7, 11) is -4.07. The van der Waals surface area contributed by atoms with Crippen molar-refractivity contribution in [2.45, 2.75) is 12.1 Å². The number of aromatic nitrogens is 3. The van der Waals surface area contributed by atoms with E-state index in [1.807, 2.05) is 0 Å². The molecule has 2 aromatic heterocycles. The lowest BCUT2D eigenvalue weighted by Gasteiger charge is -2.00. The van der Waals surface area contributed by atoms with Gasteiger partial charge in [0.2, 0.25) is 21.6 Å². The van der Waals surface area contributed by atoms with Crippen LogP contribution in [-0.2, 0) is 14.6 Å². The number of rotatable bonds is 5. The van der Waals surface area contributed by atoms with E-state index in [9.17, 15) is 13.2 Å². The topological polar surface area (TPSA) is 128 Å². The van der Waals surface area contributed by atoms with Crippen molar-refractivity contribution in [3.8, 4) is 11.5 Å². The molecule has 24 heavy (non-hydrogen) atoms. The molecule has 0 aliphatic carbocycles. The van der Waals surface area contributed by atoms with E-state index in [4.69, 9.17) is 8.94 Å². The van der Waals surface area contributed by atoms with Crippen molar-refractivity contribution in [1.29, 1.82) is 0 Å². The number of benzene rings is 1. The van der Waals surface area contributed by atoms with Gasteiger partial charge in [-0.25, -0.2) is 8.42 Å². The molecule has 0 saturated heterocycles. The third-order valence-electron chi connectivity index (χ3n) is 2.91. The Bertz CT molecular complexity index is 962. The van der Waals surface area contributed by atoms with Gasteiger partial charge in [0.25, 0.3) is 0 Å². The van der Waals surface area contributed by atoms with Gasteiger partial charge in [-0.15, -0.1) is 5.10 Å². The number of amides is 1. The van der Waals surface area contributed by atoms with E-state index in [-0.39, 0.29) is 11.7 Å². The van der Waals surface area contributed by atoms with E-state index in [0.717, 1.165) is 0 Å². The minimum atomic E-state index is -4.07. The predicted octanol–water partition coefficient (Wildman–Crippen LogP) is 1.45. The van der Waals surface area contributed by atoms with Crippen molar-refractivity contribution < 1.29 is 22.2 Å². The number of carbonyl (C=O) groups is 1. The monoisotopic (exact) mass is 348 g/mol. The average Bonchev–Trinajstić information content (AvgIpc) is 3.17. The van der Waals surface area contributed by atoms with Crippen molar-refractivity contribution in [3.05, 3.63) is 42.2 Å². The first-order valence-electron chi connectivity index (χ1n) is 6.79. The van der Waals surface area contributed by atoms with Gasteiger partial charge in [0.1, 0.15) is 11.5 Å². The van der Waals surface area contributed by atoms with E-state index in [0.29, 0.717) is 11.3 Å². The number of sulfone groups is 1. The van der Waals surface area contributed by atoms with Gasteiger partial charge in [0, 0.05) is 11.6 Å². The van der Waals surface area contributed by atoms with Crippen molar-refractivity contribution in [1.82, 2.24) is 15.4 Å². The van der Waals surface area contributed by atoms with Crippen LogP contribution in [0.3, 0.4) is 0 Å². The predicted molar refractivity (Wildman–Crippen MR) is 81.7 cm³/mol. The minimum absolute atomic E-state index is 0.0571. The molecule has 10 heteroatoms. The molecule has 3 rings (SSSR count). The van der Waals surface area contributed by atoms with Crippen LogP contribution in [0.5, 0.6) is 0 Å². The van der Waals surface area contributed by atoms with Crippen LogP contribution in [0.2, 0.25) is 0 Å². The fraction of sp³-hybridized carbons (Fsp3) is 0.143. The SMILES string of the molecule is Cc1cc(NC(=O)CS(=O)(=O)c2nnc(-c3ccccc3)o2)no1. The largest absolute Gasteiger partial charge is 0.408 e. The molecule has 0 bridgehead atoms. The van der Waals surface area contributed by atoms with Gasteiger partial charge >= 0.3 is 5.22 Å². The lowest BCUT2D eigenvalue weighted by molar-refractivity contribution is -0.113. The minimum Gasteiger partial charge on any atom is -0.408 e. The molecule has 0 unspecified atom stereocenters. The number of hydrogen-bond donors (Lipinski definition) is 1. The van der Waals surface area contributed by atoms with Gasteiger partial charge in [0.05, 0.1) is 0 Å². The van der Waals surface area contributed by atoms with Crippen LogP contribution in [0.15, 0.2) is 50.6 Å². The Morgan fingerprint density at radius 1 is 1.21 bits per heavy atom. The zero-order valence-corrected chi connectivity index (χ0v) is 13.3. The lowest BCUT2D eigenvalue weighted by atomic mass is 10.2. The summed E-state index contributed by atoms with van der Waals surface area (Å²) in [6, 6.07) is 10.2. The summed E-state index contributed by atoms with van der Waals surface area (Å²) < 4.78 is 34.3. The van der Waals surface area contributed by atoms with Crippen LogP contribution in [0.1, 0.15) is 5.76 Å². The summed E-state index contributed by atoms with van der Waals surface area (Å²) >= 11 is 0. The molecule has 0 fully saturated rings. The Balaban J connectivity index is 1.73. The normalized spacial score (nSPS) is 11.4. The zero-order valence-electron chi connectivity index (χ0n) is 12.5. The maximum atomic E-state index is 12.2. The summed E-state index contributed by atoms with van der Waals surface area (Å²) in [5, 5.41) is 12.4.